The molecule has 0 aliphatic rings. The Hall–Kier alpha value is -2.98. The number of hydrogen-bond acceptors (Lipinski definition) is 5. The molecule has 0 fully saturated rings. The van der Waals surface area contributed by atoms with Gasteiger partial charge in [0.15, 0.2) is 0 Å². The predicted octanol–water partition coefficient (Wildman–Crippen LogP) is 5.01. The fourth-order valence-electron chi connectivity index (χ4n) is 3.66. The number of anilines is 1. The zero-order chi connectivity index (χ0) is 28.0. The average Bonchev–Trinajstić information content (AvgIpc) is 2.91. The Morgan fingerprint density at radius 1 is 0.974 bits per heavy atom. The fourth-order valence-corrected chi connectivity index (χ4v) is 5.57. The normalized spacial score (nSPS) is 11.9. The largest absolute Gasteiger partial charge is 0.497 e. The van der Waals surface area contributed by atoms with E-state index in [2.05, 4.69) is 5.32 Å². The number of likely N-dealkylation sites (N-methyl/N-ethyl adjacent to an activating group) is 1. The molecule has 0 aromatic heterocycles. The Morgan fingerprint density at radius 2 is 1.66 bits per heavy atom. The molecule has 0 radical (unpaired) electrons. The van der Waals surface area contributed by atoms with Crippen molar-refractivity contribution < 1.29 is 22.7 Å². The van der Waals surface area contributed by atoms with Crippen LogP contribution in [-0.2, 0) is 26.2 Å². The molecule has 202 valence electrons. The van der Waals surface area contributed by atoms with E-state index in [0.29, 0.717) is 16.3 Å². The third kappa shape index (κ3) is 6.91. The van der Waals surface area contributed by atoms with Crippen LogP contribution in [0, 0.1) is 0 Å². The monoisotopic (exact) mass is 597 g/mol. The molecule has 1 N–H and O–H groups in total. The van der Waals surface area contributed by atoms with Gasteiger partial charge in [-0.15, -0.1) is 0 Å². The van der Waals surface area contributed by atoms with Crippen molar-refractivity contribution in [1.29, 1.82) is 0 Å². The fraction of sp³-hybridized carbons (Fsp3) is 0.231. The SMILES string of the molecule is CNC(=O)[C@@H](C)N(Cc1ccc(Cl)c(Cl)c1)C(=O)CN(c1cccc(Cl)c1)S(=O)(=O)c1ccc(OC)cc1. The van der Waals surface area contributed by atoms with Crippen molar-refractivity contribution in [2.45, 2.75) is 24.4 Å². The Bertz CT molecular complexity index is 1420. The van der Waals surface area contributed by atoms with Crippen LogP contribution in [0.3, 0.4) is 0 Å². The van der Waals surface area contributed by atoms with Crippen molar-refractivity contribution in [2.75, 3.05) is 25.0 Å². The maximum atomic E-state index is 13.8. The zero-order valence-corrected chi connectivity index (χ0v) is 23.9. The molecule has 0 spiro atoms. The minimum absolute atomic E-state index is 0.0176. The number of benzene rings is 3. The number of methoxy groups -OCH3 is 1. The second-order valence-electron chi connectivity index (χ2n) is 8.23. The molecule has 8 nitrogen and oxygen atoms in total. The average molecular weight is 599 g/mol. The Morgan fingerprint density at radius 3 is 2.24 bits per heavy atom. The highest BCUT2D eigenvalue weighted by Gasteiger charge is 2.32. The molecule has 0 saturated carbocycles. The third-order valence-corrected chi connectivity index (χ3v) is 8.54. The van der Waals surface area contributed by atoms with Crippen LogP contribution in [-0.4, -0.2) is 51.9 Å². The molecule has 0 heterocycles. The molecule has 2 amide bonds. The number of nitrogens with one attached hydrogen (secondary N) is 1. The van der Waals surface area contributed by atoms with Gasteiger partial charge in [-0.25, -0.2) is 8.42 Å². The van der Waals surface area contributed by atoms with Crippen LogP contribution < -0.4 is 14.4 Å². The van der Waals surface area contributed by atoms with E-state index in [1.807, 2.05) is 0 Å². The first-order chi connectivity index (χ1) is 18.0. The van der Waals surface area contributed by atoms with Gasteiger partial charge in [-0.3, -0.25) is 13.9 Å². The number of amides is 2. The number of nitrogens with zero attached hydrogens (tertiary/aromatic N) is 2. The van der Waals surface area contributed by atoms with Crippen LogP contribution in [0.4, 0.5) is 5.69 Å². The lowest BCUT2D eigenvalue weighted by atomic mass is 10.1. The van der Waals surface area contributed by atoms with Crippen molar-refractivity contribution >= 4 is 62.3 Å². The van der Waals surface area contributed by atoms with Crippen LogP contribution in [0.1, 0.15) is 12.5 Å². The van der Waals surface area contributed by atoms with Crippen molar-refractivity contribution in [3.05, 3.63) is 87.4 Å². The Kier molecular flexibility index (Phi) is 9.89. The summed E-state index contributed by atoms with van der Waals surface area (Å²) in [6, 6.07) is 15.9. The molecule has 3 aromatic carbocycles. The first kappa shape index (κ1) is 29.6. The molecule has 0 aliphatic carbocycles. The highest BCUT2D eigenvalue weighted by molar-refractivity contribution is 7.92. The molecular formula is C26H26Cl3N3O5S. The summed E-state index contributed by atoms with van der Waals surface area (Å²) < 4.78 is 33.6. The van der Waals surface area contributed by atoms with E-state index in [9.17, 15) is 18.0 Å². The minimum Gasteiger partial charge on any atom is -0.497 e. The maximum absolute atomic E-state index is 13.8. The summed E-state index contributed by atoms with van der Waals surface area (Å²) in [5.74, 6) is -0.573. The highest BCUT2D eigenvalue weighted by atomic mass is 35.5. The van der Waals surface area contributed by atoms with Crippen LogP contribution in [0.2, 0.25) is 15.1 Å². The van der Waals surface area contributed by atoms with E-state index in [0.717, 1.165) is 4.31 Å². The van der Waals surface area contributed by atoms with Gasteiger partial charge in [-0.05, 0) is 67.1 Å². The van der Waals surface area contributed by atoms with E-state index < -0.39 is 34.4 Å². The minimum atomic E-state index is -4.23. The number of carbonyl (C=O) groups excluding carboxylic acids is 2. The van der Waals surface area contributed by atoms with Crippen LogP contribution in [0.15, 0.2) is 71.6 Å². The standard InChI is InChI=1S/C26H26Cl3N3O5S/c1-17(26(34)30-2)31(15-18-7-12-23(28)24(29)13-18)25(33)16-32(20-6-4-5-19(27)14-20)38(35,36)22-10-8-21(37-3)9-11-22/h4-14,17H,15-16H2,1-3H3,(H,30,34)/t17-/m1/s1. The van der Waals surface area contributed by atoms with Crippen molar-refractivity contribution in [1.82, 2.24) is 10.2 Å². The van der Waals surface area contributed by atoms with Crippen molar-refractivity contribution in [2.24, 2.45) is 0 Å². The number of ether oxygens (including phenoxy) is 1. The number of hydrogen-bond donors (Lipinski definition) is 1. The van der Waals surface area contributed by atoms with Gasteiger partial charge in [0.2, 0.25) is 11.8 Å². The lowest BCUT2D eigenvalue weighted by molar-refractivity contribution is -0.139. The molecule has 0 unspecified atom stereocenters. The van der Waals surface area contributed by atoms with Gasteiger partial charge in [0.05, 0.1) is 27.7 Å². The van der Waals surface area contributed by atoms with E-state index >= 15 is 0 Å². The third-order valence-electron chi connectivity index (χ3n) is 5.77. The molecule has 38 heavy (non-hydrogen) atoms. The predicted molar refractivity (Wildman–Crippen MR) is 150 cm³/mol. The Balaban J connectivity index is 2.04. The van der Waals surface area contributed by atoms with Gasteiger partial charge < -0.3 is 15.0 Å². The summed E-state index contributed by atoms with van der Waals surface area (Å²) in [5.41, 5.74) is 0.791. The summed E-state index contributed by atoms with van der Waals surface area (Å²) in [6.45, 7) is 0.934. The summed E-state index contributed by atoms with van der Waals surface area (Å²) in [6.07, 6.45) is 0. The first-order valence-corrected chi connectivity index (χ1v) is 13.9. The summed E-state index contributed by atoms with van der Waals surface area (Å²) in [4.78, 5) is 27.5. The number of sulfonamides is 1. The topological polar surface area (TPSA) is 96.0 Å². The smallest absolute Gasteiger partial charge is 0.264 e. The van der Waals surface area contributed by atoms with E-state index in [4.69, 9.17) is 39.5 Å². The van der Waals surface area contributed by atoms with Gasteiger partial charge in [0.1, 0.15) is 18.3 Å². The molecule has 1 atom stereocenters. The molecule has 12 heteroatoms. The van der Waals surface area contributed by atoms with Gasteiger partial charge in [-0.1, -0.05) is 46.9 Å². The summed E-state index contributed by atoms with van der Waals surface area (Å²) >= 11 is 18.3. The molecule has 0 bridgehead atoms. The van der Waals surface area contributed by atoms with Gasteiger partial charge >= 0.3 is 0 Å². The van der Waals surface area contributed by atoms with Crippen molar-refractivity contribution in [3.8, 4) is 5.75 Å². The number of halogens is 3. The lowest BCUT2D eigenvalue weighted by Gasteiger charge is -2.32. The molecule has 3 aromatic rings. The van der Waals surface area contributed by atoms with Crippen LogP contribution in [0.5, 0.6) is 5.75 Å². The first-order valence-electron chi connectivity index (χ1n) is 11.3. The highest BCUT2D eigenvalue weighted by Crippen LogP contribution is 2.28. The number of rotatable bonds is 10. The van der Waals surface area contributed by atoms with Gasteiger partial charge in [-0.2, -0.15) is 0 Å². The summed E-state index contributed by atoms with van der Waals surface area (Å²) in [7, 11) is -1.31. The molecule has 0 saturated heterocycles. The second kappa shape index (κ2) is 12.7. The van der Waals surface area contributed by atoms with Crippen molar-refractivity contribution in [3.63, 3.8) is 0 Å². The van der Waals surface area contributed by atoms with Gasteiger partial charge in [0.25, 0.3) is 10.0 Å². The maximum Gasteiger partial charge on any atom is 0.264 e. The molecule has 0 aliphatic heterocycles. The molecule has 3 rings (SSSR count). The van der Waals surface area contributed by atoms with E-state index in [1.54, 1.807) is 37.3 Å². The van der Waals surface area contributed by atoms with Gasteiger partial charge in [0, 0.05) is 18.6 Å². The Labute approximate surface area is 237 Å². The van der Waals surface area contributed by atoms with Crippen LogP contribution >= 0.6 is 34.8 Å². The lowest BCUT2D eigenvalue weighted by Crippen LogP contribution is -2.50. The van der Waals surface area contributed by atoms with E-state index in [1.165, 1.54) is 55.5 Å². The molecular weight excluding hydrogens is 573 g/mol. The summed E-state index contributed by atoms with van der Waals surface area (Å²) in [5, 5.41) is 3.44. The second-order valence-corrected chi connectivity index (χ2v) is 11.3. The quantitative estimate of drug-likeness (QED) is 0.354. The van der Waals surface area contributed by atoms with E-state index in [-0.39, 0.29) is 27.2 Å². The van der Waals surface area contributed by atoms with Crippen LogP contribution in [0.25, 0.3) is 0 Å². The number of carbonyl (C=O) groups is 2. The zero-order valence-electron chi connectivity index (χ0n) is 20.8.